The van der Waals surface area contributed by atoms with Crippen LogP contribution in [0.25, 0.3) is 0 Å². The summed E-state index contributed by atoms with van der Waals surface area (Å²) in [5.74, 6) is -4.18. The third-order valence-corrected chi connectivity index (χ3v) is 3.62. The van der Waals surface area contributed by atoms with Crippen molar-refractivity contribution in [3.63, 3.8) is 0 Å². The molecular weight excluding hydrogens is 239 g/mol. The molecular formula is C10H12F3NO3. The van der Waals surface area contributed by atoms with E-state index in [0.29, 0.717) is 24.2 Å². The molecule has 96 valence electrons. The van der Waals surface area contributed by atoms with Crippen molar-refractivity contribution in [2.45, 2.75) is 31.5 Å². The average Bonchev–Trinajstić information content (AvgIpc) is 2.44. The smallest absolute Gasteiger partial charge is 0.471 e. The zero-order valence-electron chi connectivity index (χ0n) is 8.91. The largest absolute Gasteiger partial charge is 0.481 e. The quantitative estimate of drug-likeness (QED) is 0.763. The number of carbonyl (C=O) groups is 2. The van der Waals surface area contributed by atoms with Crippen LogP contribution >= 0.6 is 0 Å². The van der Waals surface area contributed by atoms with Crippen LogP contribution in [0.15, 0.2) is 0 Å². The predicted octanol–water partition coefficient (Wildman–Crippen LogP) is 1.26. The van der Waals surface area contributed by atoms with E-state index in [1.165, 1.54) is 0 Å². The monoisotopic (exact) mass is 251 g/mol. The van der Waals surface area contributed by atoms with Gasteiger partial charge in [0.1, 0.15) is 0 Å². The van der Waals surface area contributed by atoms with Crippen molar-refractivity contribution in [3.05, 3.63) is 0 Å². The standard InChI is InChI=1S/C10H12F3NO3/c11-10(12,13)9(17)14-4-5-2-1-3-6(14)7(5)8(15)16/h5-7H,1-4H2,(H,15,16). The van der Waals surface area contributed by atoms with Crippen LogP contribution in [-0.2, 0) is 9.59 Å². The highest BCUT2D eigenvalue weighted by Gasteiger charge is 2.54. The molecule has 0 spiro atoms. The molecule has 0 radical (unpaired) electrons. The maximum Gasteiger partial charge on any atom is 0.471 e. The zero-order valence-corrected chi connectivity index (χ0v) is 8.91. The molecule has 0 aromatic rings. The Kier molecular flexibility index (Phi) is 2.79. The Labute approximate surface area is 95.4 Å². The minimum absolute atomic E-state index is 0.0834. The van der Waals surface area contributed by atoms with Crippen LogP contribution in [0.5, 0.6) is 0 Å². The summed E-state index contributed by atoms with van der Waals surface area (Å²) in [5.41, 5.74) is 0. The van der Waals surface area contributed by atoms with Crippen molar-refractivity contribution < 1.29 is 27.9 Å². The van der Waals surface area contributed by atoms with E-state index in [9.17, 15) is 22.8 Å². The molecule has 3 unspecified atom stereocenters. The molecule has 0 aromatic carbocycles. The molecule has 2 rings (SSSR count). The highest BCUT2D eigenvalue weighted by molar-refractivity contribution is 5.84. The summed E-state index contributed by atoms with van der Waals surface area (Å²) < 4.78 is 37.0. The van der Waals surface area contributed by atoms with Gasteiger partial charge in [0.2, 0.25) is 0 Å². The Hall–Kier alpha value is -1.27. The van der Waals surface area contributed by atoms with E-state index in [1.807, 2.05) is 0 Å². The predicted molar refractivity (Wildman–Crippen MR) is 50.0 cm³/mol. The summed E-state index contributed by atoms with van der Waals surface area (Å²) in [4.78, 5) is 22.9. The third kappa shape index (κ3) is 1.98. The summed E-state index contributed by atoms with van der Waals surface area (Å²) in [6, 6.07) is -0.791. The topological polar surface area (TPSA) is 57.6 Å². The molecule has 2 aliphatic rings. The van der Waals surface area contributed by atoms with Gasteiger partial charge in [-0.3, -0.25) is 9.59 Å². The zero-order chi connectivity index (χ0) is 12.8. The fourth-order valence-electron chi connectivity index (χ4n) is 2.97. The van der Waals surface area contributed by atoms with Crippen molar-refractivity contribution in [1.82, 2.24) is 4.90 Å². The lowest BCUT2D eigenvalue weighted by Gasteiger charge is -2.29. The van der Waals surface area contributed by atoms with E-state index in [-0.39, 0.29) is 12.5 Å². The molecule has 7 heteroatoms. The molecule has 1 aliphatic carbocycles. The maximum atomic E-state index is 12.3. The van der Waals surface area contributed by atoms with Gasteiger partial charge in [-0.2, -0.15) is 13.2 Å². The van der Waals surface area contributed by atoms with Crippen molar-refractivity contribution in [2.75, 3.05) is 6.54 Å². The first-order valence-electron chi connectivity index (χ1n) is 5.43. The summed E-state index contributed by atoms with van der Waals surface area (Å²) in [6.45, 7) is -0.0834. The van der Waals surface area contributed by atoms with Crippen molar-refractivity contribution >= 4 is 11.9 Å². The highest BCUT2D eigenvalue weighted by atomic mass is 19.4. The number of nitrogens with zero attached hydrogens (tertiary/aromatic N) is 1. The van der Waals surface area contributed by atoms with Crippen molar-refractivity contribution in [1.29, 1.82) is 0 Å². The van der Waals surface area contributed by atoms with Gasteiger partial charge in [-0.15, -0.1) is 0 Å². The molecule has 2 fully saturated rings. The van der Waals surface area contributed by atoms with E-state index < -0.39 is 30.0 Å². The first kappa shape index (κ1) is 12.2. The molecule has 0 aromatic heterocycles. The number of carbonyl (C=O) groups excluding carboxylic acids is 1. The molecule has 4 nitrogen and oxygen atoms in total. The van der Waals surface area contributed by atoms with Gasteiger partial charge < -0.3 is 10.0 Å². The Balaban J connectivity index is 2.22. The van der Waals surface area contributed by atoms with Crippen LogP contribution < -0.4 is 0 Å². The van der Waals surface area contributed by atoms with Crippen LogP contribution in [0.1, 0.15) is 19.3 Å². The molecule has 1 saturated heterocycles. The molecule has 3 atom stereocenters. The molecule has 1 heterocycles. The Morgan fingerprint density at radius 3 is 2.35 bits per heavy atom. The second-order valence-electron chi connectivity index (χ2n) is 4.58. The third-order valence-electron chi connectivity index (χ3n) is 3.62. The lowest BCUT2D eigenvalue weighted by atomic mass is 9.80. The number of fused-ring (bicyclic) bond motifs is 2. The van der Waals surface area contributed by atoms with E-state index in [1.54, 1.807) is 0 Å². The van der Waals surface area contributed by atoms with Crippen molar-refractivity contribution in [3.8, 4) is 0 Å². The fourth-order valence-corrected chi connectivity index (χ4v) is 2.97. The number of hydrogen-bond donors (Lipinski definition) is 1. The lowest BCUT2D eigenvalue weighted by molar-refractivity contribution is -0.187. The van der Waals surface area contributed by atoms with Crippen LogP contribution in [0.2, 0.25) is 0 Å². The van der Waals surface area contributed by atoms with Gasteiger partial charge in [-0.1, -0.05) is 6.42 Å². The number of carboxylic acids is 1. The minimum Gasteiger partial charge on any atom is -0.481 e. The van der Waals surface area contributed by atoms with Gasteiger partial charge in [-0.05, 0) is 18.8 Å². The Bertz CT molecular complexity index is 355. The van der Waals surface area contributed by atoms with Gasteiger partial charge in [0.05, 0.1) is 5.92 Å². The molecule has 2 bridgehead atoms. The van der Waals surface area contributed by atoms with Crippen LogP contribution in [-0.4, -0.2) is 40.6 Å². The number of rotatable bonds is 1. The van der Waals surface area contributed by atoms with Crippen LogP contribution in [0.4, 0.5) is 13.2 Å². The molecule has 1 N–H and O–H groups in total. The van der Waals surface area contributed by atoms with E-state index >= 15 is 0 Å². The van der Waals surface area contributed by atoms with E-state index in [4.69, 9.17) is 5.11 Å². The van der Waals surface area contributed by atoms with Crippen LogP contribution in [0, 0.1) is 11.8 Å². The number of alkyl halides is 3. The Morgan fingerprint density at radius 2 is 1.88 bits per heavy atom. The first-order chi connectivity index (χ1) is 7.82. The SMILES string of the molecule is O=C(O)C1C2CCCC1N(C(=O)C(F)(F)F)C2. The number of halogens is 3. The summed E-state index contributed by atoms with van der Waals surface area (Å²) in [6.07, 6.45) is -3.31. The lowest BCUT2D eigenvalue weighted by Crippen LogP contribution is -2.46. The molecule has 17 heavy (non-hydrogen) atoms. The van der Waals surface area contributed by atoms with Gasteiger partial charge in [0.15, 0.2) is 0 Å². The molecule has 1 saturated carbocycles. The number of hydrogen-bond acceptors (Lipinski definition) is 2. The van der Waals surface area contributed by atoms with Crippen molar-refractivity contribution in [2.24, 2.45) is 11.8 Å². The number of aliphatic carboxylic acids is 1. The highest BCUT2D eigenvalue weighted by Crippen LogP contribution is 2.42. The number of carboxylic acid groups (broad SMARTS) is 1. The van der Waals surface area contributed by atoms with Gasteiger partial charge in [0, 0.05) is 12.6 Å². The average molecular weight is 251 g/mol. The maximum absolute atomic E-state index is 12.3. The second kappa shape index (κ2) is 3.89. The number of amides is 1. The van der Waals surface area contributed by atoms with E-state index in [0.717, 1.165) is 0 Å². The fraction of sp³-hybridized carbons (Fsp3) is 0.800. The molecule has 1 aliphatic heterocycles. The van der Waals surface area contributed by atoms with E-state index in [2.05, 4.69) is 0 Å². The van der Waals surface area contributed by atoms with Gasteiger partial charge in [-0.25, -0.2) is 0 Å². The summed E-state index contributed by atoms with van der Waals surface area (Å²) in [7, 11) is 0. The second-order valence-corrected chi connectivity index (χ2v) is 4.58. The summed E-state index contributed by atoms with van der Waals surface area (Å²) >= 11 is 0. The summed E-state index contributed by atoms with van der Waals surface area (Å²) in [5, 5.41) is 9.00. The number of likely N-dealkylation sites (tertiary alicyclic amines) is 1. The Morgan fingerprint density at radius 1 is 1.24 bits per heavy atom. The van der Waals surface area contributed by atoms with Gasteiger partial charge >= 0.3 is 18.1 Å². The minimum atomic E-state index is -4.92. The molecule has 1 amide bonds. The van der Waals surface area contributed by atoms with Gasteiger partial charge in [0.25, 0.3) is 0 Å². The first-order valence-corrected chi connectivity index (χ1v) is 5.43. The van der Waals surface area contributed by atoms with Crippen LogP contribution in [0.3, 0.4) is 0 Å². The normalized spacial score (nSPS) is 32.6.